The number of benzene rings is 1. The average molecular weight is 440 g/mol. The number of hydrogen-bond donors (Lipinski definition) is 1. The number of ether oxygens (including phenoxy) is 1. The molecule has 0 saturated heterocycles. The van der Waals surface area contributed by atoms with Gasteiger partial charge < -0.3 is 10.1 Å². The fraction of sp³-hybridized carbons (Fsp3) is 0.333. The highest BCUT2D eigenvalue weighted by Crippen LogP contribution is 2.39. The Morgan fingerprint density at radius 1 is 1.33 bits per heavy atom. The first-order chi connectivity index (χ1) is 14.6. The number of carbonyl (C=O) groups is 1. The lowest BCUT2D eigenvalue weighted by atomic mass is 9.89. The molecule has 5 rings (SSSR count). The molecule has 1 unspecified atom stereocenters. The summed E-state index contributed by atoms with van der Waals surface area (Å²) in [6, 6.07) is 7.26. The molecule has 30 heavy (non-hydrogen) atoms. The van der Waals surface area contributed by atoms with E-state index in [1.807, 2.05) is 28.7 Å². The zero-order valence-electron chi connectivity index (χ0n) is 16.7. The van der Waals surface area contributed by atoms with Crippen molar-refractivity contribution < 1.29 is 9.53 Å². The van der Waals surface area contributed by atoms with Gasteiger partial charge in [-0.25, -0.2) is 4.98 Å². The Morgan fingerprint density at radius 2 is 2.17 bits per heavy atom. The fourth-order valence-corrected chi connectivity index (χ4v) is 5.87. The zero-order chi connectivity index (χ0) is 20.7. The zero-order valence-corrected chi connectivity index (χ0v) is 18.3. The second-order valence-electron chi connectivity index (χ2n) is 7.52. The van der Waals surface area contributed by atoms with E-state index >= 15 is 0 Å². The molecule has 0 aliphatic heterocycles. The summed E-state index contributed by atoms with van der Waals surface area (Å²) in [4.78, 5) is 19.5. The lowest BCUT2D eigenvalue weighted by Crippen LogP contribution is -2.14. The van der Waals surface area contributed by atoms with Gasteiger partial charge in [0, 0.05) is 10.6 Å². The minimum absolute atomic E-state index is 0.0992. The fourth-order valence-electron chi connectivity index (χ4n) is 3.82. The number of aryl methyl sites for hydroxylation is 1. The Morgan fingerprint density at radius 3 is 2.97 bits per heavy atom. The summed E-state index contributed by atoms with van der Waals surface area (Å²) in [5.41, 5.74) is 2.95. The number of fused-ring (bicyclic) bond motifs is 5. The lowest BCUT2D eigenvalue weighted by molar-refractivity contribution is -0.113. The van der Waals surface area contributed by atoms with Gasteiger partial charge in [0.15, 0.2) is 10.8 Å². The van der Waals surface area contributed by atoms with Crippen molar-refractivity contribution in [3.8, 4) is 5.75 Å². The standard InChI is InChI=1S/C21H21N5O2S2/c1-12-3-8-15-16(9-12)30-20-18(15)19-24-25-21(26(19)11-22-20)29-10-17(27)23-13-4-6-14(28-2)7-5-13/h4-7,11-12H,3,8-10H2,1-2H3,(H,23,27). The van der Waals surface area contributed by atoms with E-state index in [4.69, 9.17) is 4.74 Å². The Labute approximate surface area is 181 Å². The largest absolute Gasteiger partial charge is 0.497 e. The minimum Gasteiger partial charge on any atom is -0.497 e. The van der Waals surface area contributed by atoms with Crippen LogP contribution in [0.1, 0.15) is 23.8 Å². The van der Waals surface area contributed by atoms with Gasteiger partial charge in [0.25, 0.3) is 0 Å². The van der Waals surface area contributed by atoms with Crippen LogP contribution in [0.25, 0.3) is 15.9 Å². The molecular formula is C21H21N5O2S2. The predicted molar refractivity (Wildman–Crippen MR) is 120 cm³/mol. The number of amides is 1. The molecule has 0 radical (unpaired) electrons. The highest BCUT2D eigenvalue weighted by atomic mass is 32.2. The first-order valence-corrected chi connectivity index (χ1v) is 11.6. The van der Waals surface area contributed by atoms with Crippen molar-refractivity contribution in [2.75, 3.05) is 18.2 Å². The third-order valence-corrected chi connectivity index (χ3v) is 7.48. The van der Waals surface area contributed by atoms with Crippen molar-refractivity contribution >= 4 is 50.6 Å². The second kappa shape index (κ2) is 7.88. The van der Waals surface area contributed by atoms with Crippen LogP contribution in [-0.2, 0) is 17.6 Å². The summed E-state index contributed by atoms with van der Waals surface area (Å²) in [5, 5.41) is 13.5. The van der Waals surface area contributed by atoms with Crippen molar-refractivity contribution in [2.24, 2.45) is 5.92 Å². The molecule has 1 aliphatic carbocycles. The van der Waals surface area contributed by atoms with Crippen molar-refractivity contribution in [3.63, 3.8) is 0 Å². The molecule has 0 fully saturated rings. The van der Waals surface area contributed by atoms with Crippen molar-refractivity contribution in [2.45, 2.75) is 31.3 Å². The van der Waals surface area contributed by atoms with E-state index in [0.29, 0.717) is 5.16 Å². The second-order valence-corrected chi connectivity index (χ2v) is 9.54. The molecule has 154 valence electrons. The average Bonchev–Trinajstić information content (AvgIpc) is 3.32. The summed E-state index contributed by atoms with van der Waals surface area (Å²) in [5.74, 6) is 1.61. The summed E-state index contributed by atoms with van der Waals surface area (Å²) in [6.07, 6.45) is 5.15. The van der Waals surface area contributed by atoms with Crippen LogP contribution in [0.2, 0.25) is 0 Å². The number of thiophene rings is 1. The van der Waals surface area contributed by atoms with E-state index in [-0.39, 0.29) is 11.7 Å². The van der Waals surface area contributed by atoms with Gasteiger partial charge in [0.05, 0.1) is 18.2 Å². The molecular weight excluding hydrogens is 418 g/mol. The molecule has 0 bridgehead atoms. The normalized spacial score (nSPS) is 16.0. The monoisotopic (exact) mass is 439 g/mol. The molecule has 3 heterocycles. The summed E-state index contributed by atoms with van der Waals surface area (Å²) >= 11 is 3.13. The quantitative estimate of drug-likeness (QED) is 0.469. The van der Waals surface area contributed by atoms with Crippen molar-refractivity contribution in [1.29, 1.82) is 0 Å². The van der Waals surface area contributed by atoms with Gasteiger partial charge in [0.2, 0.25) is 5.91 Å². The van der Waals surface area contributed by atoms with E-state index in [1.54, 1.807) is 24.8 Å². The van der Waals surface area contributed by atoms with E-state index in [2.05, 4.69) is 27.4 Å². The molecule has 3 aromatic heterocycles. The number of anilines is 1. The van der Waals surface area contributed by atoms with Crippen LogP contribution < -0.4 is 10.1 Å². The molecule has 0 saturated carbocycles. The maximum Gasteiger partial charge on any atom is 0.234 e. The number of nitrogens with one attached hydrogen (secondary N) is 1. The molecule has 1 aromatic carbocycles. The van der Waals surface area contributed by atoms with Gasteiger partial charge in [-0.05, 0) is 55.0 Å². The number of hydrogen-bond acceptors (Lipinski definition) is 7. The number of thioether (sulfide) groups is 1. The van der Waals surface area contributed by atoms with Crippen LogP contribution in [0.15, 0.2) is 35.7 Å². The van der Waals surface area contributed by atoms with Gasteiger partial charge >= 0.3 is 0 Å². The van der Waals surface area contributed by atoms with Crippen LogP contribution in [0.3, 0.4) is 0 Å². The summed E-state index contributed by atoms with van der Waals surface area (Å²) < 4.78 is 7.04. The predicted octanol–water partition coefficient (Wildman–Crippen LogP) is 4.20. The highest BCUT2D eigenvalue weighted by molar-refractivity contribution is 7.99. The van der Waals surface area contributed by atoms with E-state index < -0.39 is 0 Å². The van der Waals surface area contributed by atoms with E-state index in [9.17, 15) is 4.79 Å². The number of aromatic nitrogens is 4. The maximum absolute atomic E-state index is 12.4. The molecule has 4 aromatic rings. The van der Waals surface area contributed by atoms with Crippen molar-refractivity contribution in [3.05, 3.63) is 41.0 Å². The number of rotatable bonds is 5. The summed E-state index contributed by atoms with van der Waals surface area (Å²) in [7, 11) is 1.61. The van der Waals surface area contributed by atoms with Crippen LogP contribution in [-0.4, -0.2) is 38.4 Å². The molecule has 9 heteroatoms. The van der Waals surface area contributed by atoms with Gasteiger partial charge in [0.1, 0.15) is 16.9 Å². The van der Waals surface area contributed by atoms with Gasteiger partial charge in [-0.15, -0.1) is 21.5 Å². The van der Waals surface area contributed by atoms with E-state index in [0.717, 1.165) is 46.1 Å². The Bertz CT molecular complexity index is 1230. The van der Waals surface area contributed by atoms with Gasteiger partial charge in [-0.2, -0.15) is 0 Å². The minimum atomic E-state index is -0.0992. The molecule has 0 spiro atoms. The topological polar surface area (TPSA) is 81.4 Å². The SMILES string of the molecule is COc1ccc(NC(=O)CSc2nnc3c4c5c(sc4ncn23)CC(C)CC5)cc1. The molecule has 7 nitrogen and oxygen atoms in total. The van der Waals surface area contributed by atoms with Crippen LogP contribution in [0, 0.1) is 5.92 Å². The highest BCUT2D eigenvalue weighted by Gasteiger charge is 2.24. The Kier molecular flexibility index (Phi) is 5.08. The molecule has 1 atom stereocenters. The maximum atomic E-state index is 12.4. The first-order valence-electron chi connectivity index (χ1n) is 9.83. The van der Waals surface area contributed by atoms with Gasteiger partial charge in [-0.1, -0.05) is 18.7 Å². The number of carbonyl (C=O) groups excluding carboxylic acids is 1. The van der Waals surface area contributed by atoms with Crippen LogP contribution >= 0.6 is 23.1 Å². The summed E-state index contributed by atoms with van der Waals surface area (Å²) in [6.45, 7) is 2.30. The van der Waals surface area contributed by atoms with Crippen LogP contribution in [0.4, 0.5) is 5.69 Å². The van der Waals surface area contributed by atoms with Crippen LogP contribution in [0.5, 0.6) is 5.75 Å². The molecule has 1 aliphatic rings. The third-order valence-electron chi connectivity index (χ3n) is 5.38. The lowest BCUT2D eigenvalue weighted by Gasteiger charge is -2.17. The Hall–Kier alpha value is -2.65. The first kappa shape index (κ1) is 19.3. The van der Waals surface area contributed by atoms with Crippen molar-refractivity contribution in [1.82, 2.24) is 19.6 Å². The number of nitrogens with zero attached hydrogens (tertiary/aromatic N) is 4. The Balaban J connectivity index is 1.35. The smallest absolute Gasteiger partial charge is 0.234 e. The third kappa shape index (κ3) is 3.52. The molecule has 1 amide bonds. The van der Waals surface area contributed by atoms with E-state index in [1.165, 1.54) is 28.6 Å². The van der Waals surface area contributed by atoms with Gasteiger partial charge in [-0.3, -0.25) is 9.20 Å². The number of methoxy groups -OCH3 is 1. The molecule has 1 N–H and O–H groups in total.